The largest absolute Gasteiger partial charge is 0.466 e. The molecule has 0 saturated carbocycles. The van der Waals surface area contributed by atoms with Crippen LogP contribution in [0, 0.1) is 20.2 Å². The maximum atomic E-state index is 11.2. The first-order chi connectivity index (χ1) is 10.4. The zero-order valence-electron chi connectivity index (χ0n) is 11.6. The lowest BCUT2D eigenvalue weighted by Gasteiger charge is -2.05. The summed E-state index contributed by atoms with van der Waals surface area (Å²) in [6.07, 6.45) is -0.0676. The van der Waals surface area contributed by atoms with Crippen molar-refractivity contribution in [2.75, 3.05) is 26.4 Å². The summed E-state index contributed by atoms with van der Waals surface area (Å²) >= 11 is 0. The minimum Gasteiger partial charge on any atom is -0.466 e. The van der Waals surface area contributed by atoms with E-state index in [2.05, 4.69) is 9.68 Å². The molecule has 0 rings (SSSR count). The summed E-state index contributed by atoms with van der Waals surface area (Å²) in [4.78, 5) is 50.0. The lowest BCUT2D eigenvalue weighted by molar-refractivity contribution is -0.757. The van der Waals surface area contributed by atoms with Gasteiger partial charge < -0.3 is 19.1 Å². The number of esters is 2. The second-order valence-electron chi connectivity index (χ2n) is 3.76. The molecule has 0 aromatic rings. The molecule has 0 radical (unpaired) electrons. The molecule has 0 aliphatic rings. The van der Waals surface area contributed by atoms with Crippen LogP contribution in [0.1, 0.15) is 25.7 Å². The molecular weight excluding hydrogens is 308 g/mol. The van der Waals surface area contributed by atoms with Crippen LogP contribution in [0.5, 0.6) is 0 Å². The third-order valence-electron chi connectivity index (χ3n) is 2.03. The fourth-order valence-electron chi connectivity index (χ4n) is 1.12. The smallest absolute Gasteiger partial charge is 0.306 e. The third-order valence-corrected chi connectivity index (χ3v) is 2.03. The molecule has 0 bridgehead atoms. The molecule has 0 atom stereocenters. The van der Waals surface area contributed by atoms with E-state index in [0.29, 0.717) is 0 Å². The number of nitrogens with zero attached hydrogens (tertiary/aromatic N) is 2. The van der Waals surface area contributed by atoms with E-state index < -0.39 is 22.1 Å². The van der Waals surface area contributed by atoms with E-state index in [-0.39, 0.29) is 52.1 Å². The van der Waals surface area contributed by atoms with Gasteiger partial charge in [-0.2, -0.15) is 0 Å². The minimum atomic E-state index is -0.950. The molecule has 0 aromatic carbocycles. The zero-order chi connectivity index (χ0) is 16.8. The monoisotopic (exact) mass is 324 g/mol. The van der Waals surface area contributed by atoms with Gasteiger partial charge in [-0.3, -0.25) is 9.59 Å². The fraction of sp³-hybridized carbons (Fsp3) is 0.800. The average Bonchev–Trinajstić information content (AvgIpc) is 2.43. The highest BCUT2D eigenvalue weighted by atomic mass is 17.0. The maximum Gasteiger partial charge on any atom is 0.306 e. The van der Waals surface area contributed by atoms with Crippen LogP contribution in [0.2, 0.25) is 0 Å². The molecule has 22 heavy (non-hydrogen) atoms. The van der Waals surface area contributed by atoms with Crippen molar-refractivity contribution in [2.24, 2.45) is 0 Å². The van der Waals surface area contributed by atoms with Crippen molar-refractivity contribution < 1.29 is 38.9 Å². The minimum absolute atomic E-state index is 0.0556. The van der Waals surface area contributed by atoms with Gasteiger partial charge in [0.25, 0.3) is 10.2 Å². The van der Waals surface area contributed by atoms with E-state index in [1.54, 1.807) is 0 Å². The van der Waals surface area contributed by atoms with Crippen molar-refractivity contribution in [3.8, 4) is 0 Å². The van der Waals surface area contributed by atoms with Gasteiger partial charge in [-0.25, -0.2) is 0 Å². The highest BCUT2D eigenvalue weighted by Gasteiger charge is 2.09. The van der Waals surface area contributed by atoms with Crippen LogP contribution in [0.3, 0.4) is 0 Å². The van der Waals surface area contributed by atoms with E-state index in [9.17, 15) is 29.8 Å². The Labute approximate surface area is 124 Å². The predicted octanol–water partition coefficient (Wildman–Crippen LogP) is 0.0498. The van der Waals surface area contributed by atoms with Gasteiger partial charge in [0, 0.05) is 12.8 Å². The quantitative estimate of drug-likeness (QED) is 0.196. The first-order valence-corrected chi connectivity index (χ1v) is 6.27. The van der Waals surface area contributed by atoms with Gasteiger partial charge in [0.2, 0.25) is 0 Å². The highest BCUT2D eigenvalue weighted by molar-refractivity contribution is 5.77. The van der Waals surface area contributed by atoms with Crippen molar-refractivity contribution >= 4 is 11.9 Å². The Balaban J connectivity index is 3.46. The molecular formula is C10H16N2O10. The summed E-state index contributed by atoms with van der Waals surface area (Å²) in [6.45, 7) is -0.483. The molecule has 0 aromatic heterocycles. The first-order valence-electron chi connectivity index (χ1n) is 6.27. The summed E-state index contributed by atoms with van der Waals surface area (Å²) < 4.78 is 9.40. The normalized spacial score (nSPS) is 9.64. The second kappa shape index (κ2) is 12.1. The Kier molecular flexibility index (Phi) is 10.6. The van der Waals surface area contributed by atoms with Crippen molar-refractivity contribution in [3.05, 3.63) is 20.2 Å². The Morgan fingerprint density at radius 3 is 1.41 bits per heavy atom. The lowest BCUT2D eigenvalue weighted by atomic mass is 10.3. The third kappa shape index (κ3) is 13.8. The number of rotatable bonds is 13. The summed E-state index contributed by atoms with van der Waals surface area (Å²) in [7, 11) is 0. The van der Waals surface area contributed by atoms with E-state index >= 15 is 0 Å². The molecule has 12 heteroatoms. The Hall–Kier alpha value is -2.66. The van der Waals surface area contributed by atoms with Crippen LogP contribution < -0.4 is 0 Å². The molecule has 0 N–H and O–H groups in total. The van der Waals surface area contributed by atoms with Crippen molar-refractivity contribution in [1.29, 1.82) is 0 Å². The standard InChI is InChI=1S/C10H16N2O10/c13-9(19-5-1-7-21-11(15)16)3-4-10(14)20-6-2-8-22-12(17)18/h1-8H2. The SMILES string of the molecule is O=C(CCC(=O)OCCCO[N+](=O)[O-])OCCCO[N+](=O)[O-]. The van der Waals surface area contributed by atoms with Gasteiger partial charge in [0.1, 0.15) is 0 Å². The summed E-state index contributed by atoms with van der Waals surface area (Å²) in [5, 5.41) is 17.7. The van der Waals surface area contributed by atoms with Gasteiger partial charge in [0.15, 0.2) is 0 Å². The maximum absolute atomic E-state index is 11.2. The molecule has 0 saturated heterocycles. The van der Waals surface area contributed by atoms with Crippen LogP contribution in [0.15, 0.2) is 0 Å². The molecule has 0 aliphatic heterocycles. The topological polar surface area (TPSA) is 157 Å². The molecule has 0 aliphatic carbocycles. The highest BCUT2D eigenvalue weighted by Crippen LogP contribution is 1.98. The first kappa shape index (κ1) is 19.3. The van der Waals surface area contributed by atoms with Crippen LogP contribution >= 0.6 is 0 Å². The fourth-order valence-corrected chi connectivity index (χ4v) is 1.12. The molecule has 126 valence electrons. The number of carbonyl (C=O) groups is 2. The van der Waals surface area contributed by atoms with E-state index in [1.807, 2.05) is 0 Å². The van der Waals surface area contributed by atoms with Gasteiger partial charge in [-0.05, 0) is 0 Å². The number of hydrogen-bond acceptors (Lipinski definition) is 10. The van der Waals surface area contributed by atoms with Crippen LogP contribution in [0.25, 0.3) is 0 Å². The number of ether oxygens (including phenoxy) is 2. The number of hydrogen-bond donors (Lipinski definition) is 0. The molecule has 0 fully saturated rings. The molecule has 0 amide bonds. The van der Waals surface area contributed by atoms with Gasteiger partial charge in [-0.15, -0.1) is 20.2 Å². The number of carbonyl (C=O) groups excluding carboxylic acids is 2. The lowest BCUT2D eigenvalue weighted by Crippen LogP contribution is -2.13. The second-order valence-corrected chi connectivity index (χ2v) is 3.76. The molecule has 12 nitrogen and oxygen atoms in total. The summed E-state index contributed by atoms with van der Waals surface area (Å²) in [5.74, 6) is -1.29. The van der Waals surface area contributed by atoms with Gasteiger partial charge in [-0.1, -0.05) is 0 Å². The summed E-state index contributed by atoms with van der Waals surface area (Å²) in [5.41, 5.74) is 0. The van der Waals surface area contributed by atoms with Gasteiger partial charge in [0.05, 0.1) is 39.3 Å². The van der Waals surface area contributed by atoms with Crippen LogP contribution in [-0.2, 0) is 28.7 Å². The Morgan fingerprint density at radius 1 is 0.727 bits per heavy atom. The molecule has 0 unspecified atom stereocenters. The Bertz CT molecular complexity index is 350. The van der Waals surface area contributed by atoms with E-state index in [0.717, 1.165) is 0 Å². The molecule has 0 spiro atoms. The average molecular weight is 324 g/mol. The van der Waals surface area contributed by atoms with Crippen LogP contribution in [-0.4, -0.2) is 48.5 Å². The predicted molar refractivity (Wildman–Crippen MR) is 66.3 cm³/mol. The van der Waals surface area contributed by atoms with Crippen molar-refractivity contribution in [1.82, 2.24) is 0 Å². The van der Waals surface area contributed by atoms with E-state index in [4.69, 9.17) is 9.47 Å². The van der Waals surface area contributed by atoms with Crippen LogP contribution in [0.4, 0.5) is 0 Å². The van der Waals surface area contributed by atoms with Crippen molar-refractivity contribution in [2.45, 2.75) is 25.7 Å². The van der Waals surface area contributed by atoms with E-state index in [1.165, 1.54) is 0 Å². The zero-order valence-corrected chi connectivity index (χ0v) is 11.6. The van der Waals surface area contributed by atoms with Crippen molar-refractivity contribution in [3.63, 3.8) is 0 Å². The molecule has 0 heterocycles. The summed E-state index contributed by atoms with van der Waals surface area (Å²) in [6, 6.07) is 0. The van der Waals surface area contributed by atoms with Gasteiger partial charge >= 0.3 is 11.9 Å². The Morgan fingerprint density at radius 2 is 1.09 bits per heavy atom.